The van der Waals surface area contributed by atoms with Gasteiger partial charge in [-0.2, -0.15) is 5.10 Å². The topological polar surface area (TPSA) is 33.1 Å². The van der Waals surface area contributed by atoms with Crippen LogP contribution in [0.3, 0.4) is 0 Å². The maximum absolute atomic E-state index is 4.58. The molecule has 2 saturated heterocycles. The molecule has 4 nitrogen and oxygen atoms in total. The Bertz CT molecular complexity index is 420. The third-order valence-corrected chi connectivity index (χ3v) is 4.74. The number of piperidine rings is 1. The first kappa shape index (κ1) is 13.0. The highest BCUT2D eigenvalue weighted by Gasteiger charge is 2.36. The van der Waals surface area contributed by atoms with Crippen molar-refractivity contribution in [3.05, 3.63) is 12.4 Å². The van der Waals surface area contributed by atoms with Crippen molar-refractivity contribution in [2.75, 3.05) is 31.1 Å². The highest BCUT2D eigenvalue weighted by atomic mass is 15.3. The lowest BCUT2D eigenvalue weighted by molar-refractivity contribution is 0.195. The van der Waals surface area contributed by atoms with Crippen LogP contribution in [0.2, 0.25) is 0 Å². The van der Waals surface area contributed by atoms with E-state index >= 15 is 0 Å². The Hall–Kier alpha value is -1.03. The van der Waals surface area contributed by atoms with Crippen molar-refractivity contribution in [3.8, 4) is 0 Å². The molecule has 3 rings (SSSR count). The highest BCUT2D eigenvalue weighted by molar-refractivity contribution is 5.45. The van der Waals surface area contributed by atoms with Gasteiger partial charge in [-0.05, 0) is 37.3 Å². The summed E-state index contributed by atoms with van der Waals surface area (Å²) in [7, 11) is 0. The molecule has 2 aliphatic heterocycles. The molecule has 0 aliphatic carbocycles. The smallest absolute Gasteiger partial charge is 0.0752 e. The normalized spacial score (nSPS) is 22.6. The summed E-state index contributed by atoms with van der Waals surface area (Å²) in [5, 5.41) is 7.98. The molecule has 0 radical (unpaired) electrons. The Kier molecular flexibility index (Phi) is 3.29. The van der Waals surface area contributed by atoms with Crippen LogP contribution in [0.5, 0.6) is 0 Å². The van der Waals surface area contributed by atoms with Crippen molar-refractivity contribution in [2.24, 2.45) is 11.3 Å². The van der Waals surface area contributed by atoms with E-state index in [0.717, 1.165) is 19.0 Å². The van der Waals surface area contributed by atoms with E-state index in [4.69, 9.17) is 0 Å². The monoisotopic (exact) mass is 262 g/mol. The Morgan fingerprint density at radius 2 is 1.89 bits per heavy atom. The number of rotatable bonds is 2. The van der Waals surface area contributed by atoms with E-state index in [1.165, 1.54) is 31.6 Å². The Morgan fingerprint density at radius 1 is 1.21 bits per heavy atom. The van der Waals surface area contributed by atoms with Gasteiger partial charge in [0.05, 0.1) is 17.9 Å². The van der Waals surface area contributed by atoms with Crippen LogP contribution in [0, 0.1) is 11.3 Å². The summed E-state index contributed by atoms with van der Waals surface area (Å²) >= 11 is 0. The Morgan fingerprint density at radius 3 is 2.53 bits per heavy atom. The van der Waals surface area contributed by atoms with Gasteiger partial charge in [0, 0.05) is 19.3 Å². The predicted octanol–water partition coefficient (Wildman–Crippen LogP) is 2.29. The number of aromatic nitrogens is 2. The van der Waals surface area contributed by atoms with Crippen LogP contribution in [0.1, 0.15) is 39.7 Å². The van der Waals surface area contributed by atoms with Crippen LogP contribution < -0.4 is 10.2 Å². The summed E-state index contributed by atoms with van der Waals surface area (Å²) < 4.78 is 2.18. The third kappa shape index (κ3) is 2.64. The minimum atomic E-state index is 0.432. The number of hydrogen-bond acceptors (Lipinski definition) is 3. The molecular weight excluding hydrogens is 236 g/mol. The van der Waals surface area contributed by atoms with Crippen LogP contribution in [0.4, 0.5) is 5.69 Å². The van der Waals surface area contributed by atoms with E-state index in [0.29, 0.717) is 11.5 Å². The standard InChI is InChI=1S/C15H26N4/c1-15(2,3)12-9-18(10-12)14-8-17-19(11-14)13-4-6-16-7-5-13/h8,11-13,16H,4-7,9-10H2,1-3H3. The van der Waals surface area contributed by atoms with Crippen molar-refractivity contribution >= 4 is 5.69 Å². The van der Waals surface area contributed by atoms with Gasteiger partial charge in [-0.3, -0.25) is 4.68 Å². The highest BCUT2D eigenvalue weighted by Crippen LogP contribution is 2.36. The van der Waals surface area contributed by atoms with Crippen LogP contribution in [-0.2, 0) is 0 Å². The SMILES string of the molecule is CC(C)(C)C1CN(c2cnn(C3CCNCC3)c2)C1. The second-order valence-electron chi connectivity index (χ2n) is 7.13. The Balaban J connectivity index is 1.60. The fourth-order valence-electron chi connectivity index (χ4n) is 3.00. The second-order valence-corrected chi connectivity index (χ2v) is 7.13. The molecule has 4 heteroatoms. The molecule has 1 N–H and O–H groups in total. The molecule has 2 aliphatic rings. The molecular formula is C15H26N4. The first-order chi connectivity index (χ1) is 9.04. The zero-order chi connectivity index (χ0) is 13.5. The minimum Gasteiger partial charge on any atom is -0.368 e. The first-order valence-electron chi connectivity index (χ1n) is 7.54. The number of nitrogens with zero attached hydrogens (tertiary/aromatic N) is 3. The van der Waals surface area contributed by atoms with Crippen molar-refractivity contribution in [3.63, 3.8) is 0 Å². The molecule has 106 valence electrons. The predicted molar refractivity (Wildman–Crippen MR) is 78.5 cm³/mol. The summed E-state index contributed by atoms with van der Waals surface area (Å²) in [6.07, 6.45) is 6.69. The van der Waals surface area contributed by atoms with Crippen molar-refractivity contribution in [1.29, 1.82) is 0 Å². The molecule has 0 spiro atoms. The average molecular weight is 262 g/mol. The molecule has 0 atom stereocenters. The van der Waals surface area contributed by atoms with Gasteiger partial charge in [0.15, 0.2) is 0 Å². The quantitative estimate of drug-likeness (QED) is 0.887. The molecule has 0 unspecified atom stereocenters. The van der Waals surface area contributed by atoms with E-state index in [-0.39, 0.29) is 0 Å². The number of nitrogens with one attached hydrogen (secondary N) is 1. The molecule has 1 aromatic heterocycles. The second kappa shape index (κ2) is 4.82. The lowest BCUT2D eigenvalue weighted by Gasteiger charge is -2.47. The molecule has 3 heterocycles. The zero-order valence-corrected chi connectivity index (χ0v) is 12.4. The third-order valence-electron chi connectivity index (χ3n) is 4.74. The fraction of sp³-hybridized carbons (Fsp3) is 0.800. The fourth-order valence-corrected chi connectivity index (χ4v) is 3.00. The molecule has 1 aromatic rings. The van der Waals surface area contributed by atoms with Gasteiger partial charge in [0.25, 0.3) is 0 Å². The molecule has 0 amide bonds. The lowest BCUT2D eigenvalue weighted by atomic mass is 9.76. The summed E-state index contributed by atoms with van der Waals surface area (Å²) in [6.45, 7) is 11.6. The van der Waals surface area contributed by atoms with E-state index < -0.39 is 0 Å². The minimum absolute atomic E-state index is 0.432. The van der Waals surface area contributed by atoms with E-state index in [1.54, 1.807) is 0 Å². The average Bonchev–Trinajstić information content (AvgIpc) is 2.75. The number of hydrogen-bond donors (Lipinski definition) is 1. The summed E-state index contributed by atoms with van der Waals surface area (Å²) in [4.78, 5) is 2.46. The van der Waals surface area contributed by atoms with Crippen molar-refractivity contribution in [1.82, 2.24) is 15.1 Å². The van der Waals surface area contributed by atoms with Gasteiger partial charge >= 0.3 is 0 Å². The van der Waals surface area contributed by atoms with Crippen molar-refractivity contribution in [2.45, 2.75) is 39.7 Å². The molecule has 0 aromatic carbocycles. The first-order valence-corrected chi connectivity index (χ1v) is 7.54. The zero-order valence-electron chi connectivity index (χ0n) is 12.4. The maximum Gasteiger partial charge on any atom is 0.0752 e. The van der Waals surface area contributed by atoms with Gasteiger partial charge in [-0.15, -0.1) is 0 Å². The van der Waals surface area contributed by atoms with E-state index in [1.807, 2.05) is 6.20 Å². The van der Waals surface area contributed by atoms with E-state index in [9.17, 15) is 0 Å². The van der Waals surface area contributed by atoms with Crippen LogP contribution >= 0.6 is 0 Å². The van der Waals surface area contributed by atoms with Crippen LogP contribution in [-0.4, -0.2) is 36.0 Å². The van der Waals surface area contributed by atoms with Gasteiger partial charge < -0.3 is 10.2 Å². The van der Waals surface area contributed by atoms with Gasteiger partial charge in [-0.1, -0.05) is 20.8 Å². The largest absolute Gasteiger partial charge is 0.368 e. The van der Waals surface area contributed by atoms with Crippen LogP contribution in [0.15, 0.2) is 12.4 Å². The lowest BCUT2D eigenvalue weighted by Crippen LogP contribution is -2.52. The molecule has 19 heavy (non-hydrogen) atoms. The van der Waals surface area contributed by atoms with E-state index in [2.05, 4.69) is 47.0 Å². The summed E-state index contributed by atoms with van der Waals surface area (Å²) in [5.74, 6) is 0.815. The van der Waals surface area contributed by atoms with Crippen molar-refractivity contribution < 1.29 is 0 Å². The maximum atomic E-state index is 4.58. The van der Waals surface area contributed by atoms with Gasteiger partial charge in [0.2, 0.25) is 0 Å². The van der Waals surface area contributed by atoms with Crippen LogP contribution in [0.25, 0.3) is 0 Å². The summed E-state index contributed by atoms with van der Waals surface area (Å²) in [5.41, 5.74) is 1.74. The molecule has 0 bridgehead atoms. The summed E-state index contributed by atoms with van der Waals surface area (Å²) in [6, 6.07) is 0.592. The Labute approximate surface area is 116 Å². The van der Waals surface area contributed by atoms with Gasteiger partial charge in [-0.25, -0.2) is 0 Å². The number of anilines is 1. The molecule has 2 fully saturated rings. The van der Waals surface area contributed by atoms with Gasteiger partial charge in [0.1, 0.15) is 0 Å². The molecule has 0 saturated carbocycles.